The number of benzene rings is 2. The van der Waals surface area contributed by atoms with Crippen LogP contribution in [0.2, 0.25) is 0 Å². The van der Waals surface area contributed by atoms with Crippen LogP contribution in [-0.2, 0) is 0 Å². The Kier molecular flexibility index (Phi) is 2.80. The fourth-order valence-corrected chi connectivity index (χ4v) is 2.27. The van der Waals surface area contributed by atoms with E-state index in [-0.39, 0.29) is 5.69 Å². The highest BCUT2D eigenvalue weighted by Crippen LogP contribution is 2.31. The SMILES string of the molecule is O=Cc1c(-c2ccccc2)[nH]c2ccc([N+](=O)[O-])cc12. The molecular weight excluding hydrogens is 256 g/mol. The lowest BCUT2D eigenvalue weighted by Crippen LogP contribution is -1.87. The normalized spacial score (nSPS) is 10.6. The summed E-state index contributed by atoms with van der Waals surface area (Å²) < 4.78 is 0. The van der Waals surface area contributed by atoms with Gasteiger partial charge in [-0.3, -0.25) is 14.9 Å². The Morgan fingerprint density at radius 3 is 2.50 bits per heavy atom. The van der Waals surface area contributed by atoms with Gasteiger partial charge in [-0.2, -0.15) is 0 Å². The van der Waals surface area contributed by atoms with Crippen molar-refractivity contribution in [1.82, 2.24) is 4.98 Å². The summed E-state index contributed by atoms with van der Waals surface area (Å²) in [6, 6.07) is 13.8. The van der Waals surface area contributed by atoms with Crippen molar-refractivity contribution in [2.24, 2.45) is 0 Å². The number of fused-ring (bicyclic) bond motifs is 1. The van der Waals surface area contributed by atoms with E-state index in [9.17, 15) is 14.9 Å². The number of hydrogen-bond donors (Lipinski definition) is 1. The fourth-order valence-electron chi connectivity index (χ4n) is 2.27. The highest BCUT2D eigenvalue weighted by Gasteiger charge is 2.15. The van der Waals surface area contributed by atoms with Crippen molar-refractivity contribution in [3.8, 4) is 11.3 Å². The molecule has 0 amide bonds. The number of nitrogens with zero attached hydrogens (tertiary/aromatic N) is 1. The molecule has 1 heterocycles. The molecule has 0 spiro atoms. The summed E-state index contributed by atoms with van der Waals surface area (Å²) in [4.78, 5) is 24.9. The molecule has 0 unspecified atom stereocenters. The maximum absolute atomic E-state index is 11.4. The van der Waals surface area contributed by atoms with Crippen LogP contribution in [0.15, 0.2) is 48.5 Å². The molecule has 5 nitrogen and oxygen atoms in total. The Bertz CT molecular complexity index is 807. The highest BCUT2D eigenvalue weighted by molar-refractivity contribution is 6.05. The van der Waals surface area contributed by atoms with Gasteiger partial charge in [0.25, 0.3) is 5.69 Å². The minimum atomic E-state index is -0.469. The molecule has 0 saturated heterocycles. The van der Waals surface area contributed by atoms with Gasteiger partial charge in [-0.1, -0.05) is 30.3 Å². The largest absolute Gasteiger partial charge is 0.354 e. The van der Waals surface area contributed by atoms with E-state index in [1.54, 1.807) is 6.07 Å². The molecule has 5 heteroatoms. The number of carbonyl (C=O) groups excluding carboxylic acids is 1. The number of non-ortho nitro benzene ring substituents is 1. The summed E-state index contributed by atoms with van der Waals surface area (Å²) in [5.41, 5.74) is 2.66. The first-order valence-electron chi connectivity index (χ1n) is 6.01. The van der Waals surface area contributed by atoms with Crippen molar-refractivity contribution < 1.29 is 9.72 Å². The van der Waals surface area contributed by atoms with E-state index >= 15 is 0 Å². The lowest BCUT2D eigenvalue weighted by molar-refractivity contribution is -0.384. The highest BCUT2D eigenvalue weighted by atomic mass is 16.6. The Morgan fingerprint density at radius 2 is 1.85 bits per heavy atom. The van der Waals surface area contributed by atoms with Crippen molar-refractivity contribution in [2.75, 3.05) is 0 Å². The van der Waals surface area contributed by atoms with E-state index in [0.717, 1.165) is 11.8 Å². The summed E-state index contributed by atoms with van der Waals surface area (Å²) in [6.45, 7) is 0. The lowest BCUT2D eigenvalue weighted by atomic mass is 10.1. The van der Waals surface area contributed by atoms with Crippen LogP contribution in [-0.4, -0.2) is 16.2 Å². The van der Waals surface area contributed by atoms with Gasteiger partial charge in [0.15, 0.2) is 6.29 Å². The number of nitro groups is 1. The molecule has 1 aromatic heterocycles. The standard InChI is InChI=1S/C15H10N2O3/c18-9-13-12-8-11(17(19)20)6-7-14(12)16-15(13)10-4-2-1-3-5-10/h1-9,16H. The van der Waals surface area contributed by atoms with E-state index < -0.39 is 4.92 Å². The second-order valence-corrected chi connectivity index (χ2v) is 4.38. The number of rotatable bonds is 3. The van der Waals surface area contributed by atoms with Crippen molar-refractivity contribution in [1.29, 1.82) is 0 Å². The van der Waals surface area contributed by atoms with Gasteiger partial charge < -0.3 is 4.98 Å². The van der Waals surface area contributed by atoms with Crippen LogP contribution in [0.25, 0.3) is 22.2 Å². The summed E-state index contributed by atoms with van der Waals surface area (Å²) >= 11 is 0. The molecule has 0 bridgehead atoms. The number of aldehydes is 1. The predicted molar refractivity (Wildman–Crippen MR) is 75.8 cm³/mol. The van der Waals surface area contributed by atoms with Gasteiger partial charge in [0.2, 0.25) is 0 Å². The van der Waals surface area contributed by atoms with Crippen molar-refractivity contribution >= 4 is 22.9 Å². The summed E-state index contributed by atoms with van der Waals surface area (Å²) in [5, 5.41) is 11.4. The lowest BCUT2D eigenvalue weighted by Gasteiger charge is -1.98. The second kappa shape index (κ2) is 4.62. The van der Waals surface area contributed by atoms with Gasteiger partial charge in [0.1, 0.15) is 0 Å². The molecular formula is C15H10N2O3. The summed E-state index contributed by atoms with van der Waals surface area (Å²) in [5.74, 6) is 0. The molecule has 0 saturated carbocycles. The number of aromatic nitrogens is 1. The van der Waals surface area contributed by atoms with Gasteiger partial charge in [-0.05, 0) is 11.6 Å². The average molecular weight is 266 g/mol. The molecule has 0 atom stereocenters. The quantitative estimate of drug-likeness (QED) is 0.447. The molecule has 20 heavy (non-hydrogen) atoms. The summed E-state index contributed by atoms with van der Waals surface area (Å²) in [6.07, 6.45) is 0.727. The second-order valence-electron chi connectivity index (χ2n) is 4.38. The van der Waals surface area contributed by atoms with E-state index in [1.807, 2.05) is 30.3 Å². The number of aromatic amines is 1. The van der Waals surface area contributed by atoms with Gasteiger partial charge in [-0.15, -0.1) is 0 Å². The van der Waals surface area contributed by atoms with Gasteiger partial charge >= 0.3 is 0 Å². The number of carbonyl (C=O) groups is 1. The molecule has 3 aromatic rings. The van der Waals surface area contributed by atoms with Crippen LogP contribution in [0.5, 0.6) is 0 Å². The maximum atomic E-state index is 11.4. The zero-order chi connectivity index (χ0) is 14.1. The van der Waals surface area contributed by atoms with E-state index in [2.05, 4.69) is 4.98 Å². The van der Waals surface area contributed by atoms with E-state index in [1.165, 1.54) is 12.1 Å². The number of nitrogens with one attached hydrogen (secondary N) is 1. The number of H-pyrrole nitrogens is 1. The minimum Gasteiger partial charge on any atom is -0.354 e. The third kappa shape index (κ3) is 1.85. The first-order valence-corrected chi connectivity index (χ1v) is 6.01. The Balaban J connectivity index is 2.29. The molecule has 0 aliphatic rings. The van der Waals surface area contributed by atoms with Crippen LogP contribution >= 0.6 is 0 Å². The first kappa shape index (κ1) is 12.1. The maximum Gasteiger partial charge on any atom is 0.270 e. The molecule has 0 radical (unpaired) electrons. The molecule has 2 aromatic carbocycles. The molecule has 0 aliphatic carbocycles. The smallest absolute Gasteiger partial charge is 0.270 e. The van der Waals surface area contributed by atoms with E-state index in [0.29, 0.717) is 22.2 Å². The van der Waals surface area contributed by atoms with Crippen LogP contribution in [0.3, 0.4) is 0 Å². The third-order valence-corrected chi connectivity index (χ3v) is 3.21. The molecule has 0 aliphatic heterocycles. The van der Waals surface area contributed by atoms with Gasteiger partial charge in [0.05, 0.1) is 10.6 Å². The Labute approximate surface area is 114 Å². The van der Waals surface area contributed by atoms with E-state index in [4.69, 9.17) is 0 Å². The van der Waals surface area contributed by atoms with Crippen LogP contribution in [0.4, 0.5) is 5.69 Å². The van der Waals surface area contributed by atoms with Gasteiger partial charge in [-0.25, -0.2) is 0 Å². The Hall–Kier alpha value is -2.95. The summed E-state index contributed by atoms with van der Waals surface area (Å²) in [7, 11) is 0. The number of nitro benzene ring substituents is 1. The topological polar surface area (TPSA) is 76.0 Å². The third-order valence-electron chi connectivity index (χ3n) is 3.21. The average Bonchev–Trinajstić information content (AvgIpc) is 2.85. The van der Waals surface area contributed by atoms with Crippen LogP contribution in [0, 0.1) is 10.1 Å². The van der Waals surface area contributed by atoms with Crippen LogP contribution in [0.1, 0.15) is 10.4 Å². The fraction of sp³-hybridized carbons (Fsp3) is 0. The van der Waals surface area contributed by atoms with Gasteiger partial charge in [0, 0.05) is 28.6 Å². The zero-order valence-electron chi connectivity index (χ0n) is 10.4. The van der Waals surface area contributed by atoms with Crippen molar-refractivity contribution in [3.05, 3.63) is 64.2 Å². The minimum absolute atomic E-state index is 0.0285. The molecule has 0 fully saturated rings. The van der Waals surface area contributed by atoms with Crippen LogP contribution < -0.4 is 0 Å². The number of hydrogen-bond acceptors (Lipinski definition) is 3. The monoisotopic (exact) mass is 266 g/mol. The van der Waals surface area contributed by atoms with Crippen molar-refractivity contribution in [3.63, 3.8) is 0 Å². The first-order chi connectivity index (χ1) is 9.70. The Morgan fingerprint density at radius 1 is 1.10 bits per heavy atom. The molecule has 3 rings (SSSR count). The molecule has 98 valence electrons. The predicted octanol–water partition coefficient (Wildman–Crippen LogP) is 3.56. The van der Waals surface area contributed by atoms with Crippen molar-refractivity contribution in [2.45, 2.75) is 0 Å². The zero-order valence-corrected chi connectivity index (χ0v) is 10.4. The molecule has 1 N–H and O–H groups in total.